The smallest absolute Gasteiger partial charge is 0.128 e. The number of likely N-dealkylation sites (tertiary alicyclic amines) is 2. The fraction of sp³-hybridized carbons (Fsp3) is 0.621. The number of hydrogen-bond donors (Lipinski definition) is 0. The van der Waals surface area contributed by atoms with Gasteiger partial charge in [0.2, 0.25) is 0 Å². The minimum Gasteiger partial charge on any atom is -0.325 e. The average molecular weight is 1540 g/mol. The van der Waals surface area contributed by atoms with Crippen LogP contribution in [0.5, 0.6) is 0 Å². The lowest BCUT2D eigenvalue weighted by molar-refractivity contribution is -0.901. The zero-order chi connectivity index (χ0) is 73.8. The van der Waals surface area contributed by atoms with Crippen LogP contribution in [-0.2, 0) is 32.5 Å². The Bertz CT molecular complexity index is 3430. The van der Waals surface area contributed by atoms with Crippen LogP contribution in [0.1, 0.15) is 262 Å². The van der Waals surface area contributed by atoms with E-state index in [2.05, 4.69) is 182 Å². The Kier molecular flexibility index (Phi) is 36.2. The van der Waals surface area contributed by atoms with E-state index in [1.807, 2.05) is 24.3 Å². The summed E-state index contributed by atoms with van der Waals surface area (Å²) >= 11 is 24.0. The Balaban J connectivity index is 0.000000198. The Labute approximate surface area is 667 Å². The highest BCUT2D eigenvalue weighted by atomic mass is 35.5. The molecule has 106 heavy (non-hydrogen) atoms. The first-order valence-electron chi connectivity index (χ1n) is 40.5. The molecule has 5 nitrogen and oxygen atoms in total. The highest BCUT2D eigenvalue weighted by molar-refractivity contribution is 6.31. The summed E-state index contributed by atoms with van der Waals surface area (Å²) < 4.78 is 30.7. The number of rotatable bonds is 17. The molecule has 0 bridgehead atoms. The highest BCUT2D eigenvalue weighted by Crippen LogP contribution is 2.50. The number of nitrogens with zero attached hydrogens (tertiary/aromatic N) is 5. The lowest BCUT2D eigenvalue weighted by atomic mass is 9.69. The van der Waals surface area contributed by atoms with Crippen molar-refractivity contribution >= 4 is 46.4 Å². The first kappa shape index (κ1) is 91.0. The lowest BCUT2D eigenvalue weighted by Gasteiger charge is -2.40. The monoisotopic (exact) mass is 1530 g/mol. The SMILES string of the molecule is C.C.C.CC1CCCC1(CN(C)C)c1ccccc1.CCC1(c2c(F)cccc2Cl)CCCC1.CN(C)CC1(c2ccc(Cl)cc2)CCCCC1.CN(C)CC1(c2ccc(Cl)cc2F)CCCCC1.C[N+]1(CC2(c3ccc(Cl)cc3)CCCC2)CCCC1.C[N+]1(CC2(c3ccccc3)CCCC2)CCCC1. The van der Waals surface area contributed by atoms with Crippen molar-refractivity contribution in [3.05, 3.63) is 211 Å². The number of halogens is 6. The first-order chi connectivity index (χ1) is 49.3. The largest absolute Gasteiger partial charge is 0.325 e. The van der Waals surface area contributed by atoms with E-state index < -0.39 is 0 Å². The molecule has 6 saturated carbocycles. The summed E-state index contributed by atoms with van der Waals surface area (Å²) in [5, 5.41) is 2.77. The second-order valence-electron chi connectivity index (χ2n) is 35.0. The van der Waals surface area contributed by atoms with Gasteiger partial charge in [-0.05, 0) is 213 Å². The normalized spacial score (nSPS) is 22.4. The second-order valence-corrected chi connectivity index (χ2v) is 36.7. The molecule has 0 aromatic heterocycles. The van der Waals surface area contributed by atoms with Crippen molar-refractivity contribution < 1.29 is 17.7 Å². The Morgan fingerprint density at radius 3 is 1.13 bits per heavy atom. The van der Waals surface area contributed by atoms with Gasteiger partial charge in [-0.2, -0.15) is 0 Å². The predicted molar refractivity (Wildman–Crippen MR) is 459 cm³/mol. The Morgan fingerprint density at radius 1 is 0.368 bits per heavy atom. The molecule has 0 spiro atoms. The van der Waals surface area contributed by atoms with E-state index in [1.165, 1.54) is 244 Å². The van der Waals surface area contributed by atoms with Crippen LogP contribution in [0.4, 0.5) is 8.78 Å². The van der Waals surface area contributed by atoms with Gasteiger partial charge in [0.25, 0.3) is 0 Å². The van der Waals surface area contributed by atoms with E-state index in [0.29, 0.717) is 31.7 Å². The summed E-state index contributed by atoms with van der Waals surface area (Å²) in [6.45, 7) is 16.0. The van der Waals surface area contributed by atoms with Gasteiger partial charge in [0.15, 0.2) is 0 Å². The maximum absolute atomic E-state index is 14.2. The van der Waals surface area contributed by atoms with Gasteiger partial charge >= 0.3 is 0 Å². The number of benzene rings is 6. The minimum absolute atomic E-state index is 0. The molecule has 2 unspecified atom stereocenters. The van der Waals surface area contributed by atoms with Gasteiger partial charge in [0, 0.05) is 98.0 Å². The van der Waals surface area contributed by atoms with Crippen LogP contribution in [0.3, 0.4) is 0 Å². The van der Waals surface area contributed by atoms with E-state index in [-0.39, 0.29) is 44.7 Å². The van der Waals surface area contributed by atoms with Crippen LogP contribution >= 0.6 is 46.4 Å². The molecule has 6 aromatic carbocycles. The van der Waals surface area contributed by atoms with Gasteiger partial charge < -0.3 is 23.7 Å². The molecule has 14 rings (SSSR count). The van der Waals surface area contributed by atoms with Gasteiger partial charge in [0.05, 0.1) is 53.4 Å². The van der Waals surface area contributed by atoms with Crippen LogP contribution in [0.25, 0.3) is 0 Å². The van der Waals surface area contributed by atoms with Crippen molar-refractivity contribution in [3.8, 4) is 0 Å². The Morgan fingerprint density at radius 2 is 0.736 bits per heavy atom. The van der Waals surface area contributed by atoms with Crippen LogP contribution in [0.2, 0.25) is 20.1 Å². The lowest BCUT2D eigenvalue weighted by Crippen LogP contribution is -2.50. The number of hydrogen-bond acceptors (Lipinski definition) is 3. The quantitative estimate of drug-likeness (QED) is 0.0843. The number of quaternary nitrogens is 2. The number of likely N-dealkylation sites (N-methyl/N-ethyl adjacent to an activating group) is 5. The van der Waals surface area contributed by atoms with E-state index in [1.54, 1.807) is 17.7 Å². The fourth-order valence-corrected chi connectivity index (χ4v) is 22.1. The standard InChI is InChI=1S/C17H25ClN.C17H26N.C15H21ClFN.C15H22ClN.C15H23N.C13H16ClF.3CH4/c1-19(12-4-5-13-19)14-17(10-2-3-11-17)15-6-8-16(18)9-7-15;1-18(13-7-8-14-18)15-17(11-5-6-12-17)16-9-3-2-4-10-16;1-18(2)11-15(8-4-3-5-9-15)13-7-6-12(16)10-14(13)17;1-17(2)12-15(10-4-3-5-11-15)13-6-8-14(16)9-7-13;1-13-8-7-11-15(13,12-16(2)3)14-9-5-4-6-10-14;1-2-13(8-3-4-9-13)12-10(14)6-5-7-11(12)15;;;/h6-9H,2-5,10-14H2,1H3;2-4,9-10H,5-8,11-15H2,1H3;6-7,10H,3-5,8-9,11H2,1-2H3;6-9H,3-5,10-12H2,1-2H3;4-6,9-10,13H,7-8,11-12H2,1-3H3;5-7H,2-4,8-9H2,1H3;3*1H4/q2*+1;;;;;;;. The summed E-state index contributed by atoms with van der Waals surface area (Å²) in [5.74, 6) is 0.523. The molecule has 2 atom stereocenters. The Hall–Kier alpha value is -3.86. The van der Waals surface area contributed by atoms with Crippen LogP contribution in [-0.4, -0.2) is 139 Å². The summed E-state index contributed by atoms with van der Waals surface area (Å²) in [6, 6.07) is 49.8. The van der Waals surface area contributed by atoms with Crippen molar-refractivity contribution in [3.63, 3.8) is 0 Å². The zero-order valence-electron chi connectivity index (χ0n) is 65.5. The molecule has 6 aromatic rings. The van der Waals surface area contributed by atoms with Gasteiger partial charge in [0.1, 0.15) is 11.6 Å². The van der Waals surface area contributed by atoms with E-state index >= 15 is 0 Å². The van der Waals surface area contributed by atoms with Crippen molar-refractivity contribution in [2.45, 2.75) is 261 Å². The van der Waals surface area contributed by atoms with Crippen molar-refractivity contribution in [2.75, 3.05) is 115 Å². The van der Waals surface area contributed by atoms with E-state index in [0.717, 1.165) is 72.3 Å². The third kappa shape index (κ3) is 23.9. The predicted octanol–water partition coefficient (Wildman–Crippen LogP) is 26.4. The van der Waals surface area contributed by atoms with Crippen LogP contribution in [0.15, 0.2) is 146 Å². The van der Waals surface area contributed by atoms with E-state index in [9.17, 15) is 8.78 Å². The van der Waals surface area contributed by atoms with Crippen molar-refractivity contribution in [1.29, 1.82) is 0 Å². The topological polar surface area (TPSA) is 9.72 Å². The maximum Gasteiger partial charge on any atom is 0.128 e. The molecule has 2 heterocycles. The molecule has 590 valence electrons. The molecular weight excluding hydrogens is 1390 g/mol. The fourth-order valence-electron chi connectivity index (χ4n) is 21.4. The minimum atomic E-state index is -0.147. The van der Waals surface area contributed by atoms with Gasteiger partial charge in [-0.15, -0.1) is 0 Å². The molecule has 0 radical (unpaired) electrons. The van der Waals surface area contributed by atoms with Crippen LogP contribution < -0.4 is 0 Å². The molecule has 8 fully saturated rings. The van der Waals surface area contributed by atoms with Gasteiger partial charge in [-0.1, -0.05) is 263 Å². The van der Waals surface area contributed by atoms with Crippen molar-refractivity contribution in [2.24, 2.45) is 5.92 Å². The van der Waals surface area contributed by atoms with Gasteiger partial charge in [-0.25, -0.2) is 8.78 Å². The molecule has 0 amide bonds. The van der Waals surface area contributed by atoms with Crippen molar-refractivity contribution in [1.82, 2.24) is 14.7 Å². The second kappa shape index (κ2) is 42.1. The maximum atomic E-state index is 14.2. The van der Waals surface area contributed by atoms with Crippen LogP contribution in [0, 0.1) is 17.6 Å². The molecule has 2 saturated heterocycles. The summed E-state index contributed by atoms with van der Waals surface area (Å²) in [5.41, 5.74) is 9.37. The highest BCUT2D eigenvalue weighted by Gasteiger charge is 2.47. The first-order valence-corrected chi connectivity index (χ1v) is 42.0. The summed E-state index contributed by atoms with van der Waals surface area (Å²) in [4.78, 5) is 6.83. The summed E-state index contributed by atoms with van der Waals surface area (Å²) in [6.07, 6.45) is 39.0. The van der Waals surface area contributed by atoms with E-state index in [4.69, 9.17) is 46.4 Å². The average Bonchev–Trinajstić information content (AvgIpc) is 1.72. The molecular formula is C95H145Cl4F2N5+2. The molecule has 2 aliphatic heterocycles. The zero-order valence-corrected chi connectivity index (χ0v) is 68.5. The summed E-state index contributed by atoms with van der Waals surface area (Å²) in [7, 11) is 17.8. The van der Waals surface area contributed by atoms with Gasteiger partial charge in [-0.3, -0.25) is 0 Å². The molecule has 11 heteroatoms. The molecule has 6 aliphatic carbocycles. The molecule has 8 aliphatic rings. The molecule has 0 N–H and O–H groups in total. The third-order valence-electron chi connectivity index (χ3n) is 26.3. The third-order valence-corrected chi connectivity index (χ3v) is 27.4.